The first-order valence-corrected chi connectivity index (χ1v) is 6.57. The monoisotopic (exact) mass is 281 g/mol. The summed E-state index contributed by atoms with van der Waals surface area (Å²) in [5.41, 5.74) is 6.31. The second-order valence-corrected chi connectivity index (χ2v) is 4.93. The van der Waals surface area contributed by atoms with Crippen molar-refractivity contribution in [3.63, 3.8) is 0 Å². The number of carbonyl (C=O) groups is 2. The van der Waals surface area contributed by atoms with Crippen LogP contribution < -0.4 is 16.4 Å². The van der Waals surface area contributed by atoms with Crippen LogP contribution in [0.1, 0.15) is 29.6 Å². The van der Waals surface area contributed by atoms with Gasteiger partial charge in [0.2, 0.25) is 5.91 Å². The summed E-state index contributed by atoms with van der Waals surface area (Å²) >= 11 is 5.94. The lowest BCUT2D eigenvalue weighted by Crippen LogP contribution is -2.31. The second kappa shape index (κ2) is 5.93. The van der Waals surface area contributed by atoms with Gasteiger partial charge in [-0.2, -0.15) is 0 Å². The molecule has 1 fully saturated rings. The van der Waals surface area contributed by atoms with Crippen molar-refractivity contribution in [2.75, 3.05) is 12.3 Å². The smallest absolute Gasteiger partial charge is 0.252 e. The fraction of sp³-hybridized carbons (Fsp3) is 0.385. The number of hydrogen-bond acceptors (Lipinski definition) is 3. The van der Waals surface area contributed by atoms with Crippen molar-refractivity contribution in [2.45, 2.75) is 25.3 Å². The molecule has 5 nitrogen and oxygen atoms in total. The predicted octanol–water partition coefficient (Wildman–Crippen LogP) is 1.32. The van der Waals surface area contributed by atoms with E-state index in [0.29, 0.717) is 17.3 Å². The van der Waals surface area contributed by atoms with Gasteiger partial charge in [-0.3, -0.25) is 9.59 Å². The molecule has 4 N–H and O–H groups in total. The van der Waals surface area contributed by atoms with Crippen LogP contribution >= 0.6 is 11.6 Å². The lowest BCUT2D eigenvalue weighted by Gasteiger charge is -2.08. The third-order valence-corrected chi connectivity index (χ3v) is 3.28. The molecule has 0 heterocycles. The molecular formula is C13H16ClN3O2. The number of amides is 2. The van der Waals surface area contributed by atoms with Crippen molar-refractivity contribution < 1.29 is 9.59 Å². The van der Waals surface area contributed by atoms with Gasteiger partial charge in [-0.15, -0.1) is 0 Å². The number of nitrogen functional groups attached to an aromatic ring is 1. The fourth-order valence-electron chi connectivity index (χ4n) is 1.64. The molecule has 0 aromatic heterocycles. The molecule has 0 aliphatic heterocycles. The lowest BCUT2D eigenvalue weighted by atomic mass is 10.2. The van der Waals surface area contributed by atoms with Gasteiger partial charge >= 0.3 is 0 Å². The largest absolute Gasteiger partial charge is 0.398 e. The van der Waals surface area contributed by atoms with Crippen LogP contribution in [0.2, 0.25) is 5.02 Å². The molecule has 19 heavy (non-hydrogen) atoms. The highest BCUT2D eigenvalue weighted by molar-refractivity contribution is 6.36. The average Bonchev–Trinajstić information content (AvgIpc) is 3.16. The summed E-state index contributed by atoms with van der Waals surface area (Å²) in [7, 11) is 0. The minimum absolute atomic E-state index is 0.0403. The highest BCUT2D eigenvalue weighted by Crippen LogP contribution is 2.22. The zero-order valence-electron chi connectivity index (χ0n) is 10.4. The zero-order valence-corrected chi connectivity index (χ0v) is 11.2. The number of carbonyl (C=O) groups excluding carboxylic acids is 2. The number of rotatable bonds is 5. The first kappa shape index (κ1) is 13.7. The lowest BCUT2D eigenvalue weighted by molar-refractivity contribution is -0.121. The zero-order chi connectivity index (χ0) is 13.8. The maximum absolute atomic E-state index is 11.9. The molecule has 1 aromatic rings. The Morgan fingerprint density at radius 3 is 2.79 bits per heavy atom. The Morgan fingerprint density at radius 2 is 2.11 bits per heavy atom. The Morgan fingerprint density at radius 1 is 1.37 bits per heavy atom. The molecule has 0 atom stereocenters. The Labute approximate surface area is 116 Å². The summed E-state index contributed by atoms with van der Waals surface area (Å²) in [6.45, 7) is 0.280. The van der Waals surface area contributed by atoms with E-state index in [9.17, 15) is 9.59 Å². The molecule has 2 amide bonds. The number of halogens is 1. The molecule has 0 saturated heterocycles. The third kappa shape index (κ3) is 3.86. The van der Waals surface area contributed by atoms with Crippen LogP contribution in [0, 0.1) is 0 Å². The first-order chi connectivity index (χ1) is 9.08. The molecule has 0 unspecified atom stereocenters. The average molecular weight is 282 g/mol. The van der Waals surface area contributed by atoms with Crippen LogP contribution in [0.5, 0.6) is 0 Å². The molecule has 0 radical (unpaired) electrons. The van der Waals surface area contributed by atoms with Crippen molar-refractivity contribution >= 4 is 29.1 Å². The standard InChI is InChI=1S/C13H16ClN3O2/c14-12-9(2-1-3-10(12)15)13(19)16-7-6-11(18)17-8-4-5-8/h1-3,8H,4-7,15H2,(H,16,19)(H,17,18). The number of benzene rings is 1. The van der Waals surface area contributed by atoms with Crippen LogP contribution in [0.4, 0.5) is 5.69 Å². The molecule has 1 aromatic carbocycles. The van der Waals surface area contributed by atoms with E-state index in [1.807, 2.05) is 0 Å². The Kier molecular flexibility index (Phi) is 4.27. The van der Waals surface area contributed by atoms with Crippen LogP contribution in [-0.4, -0.2) is 24.4 Å². The van der Waals surface area contributed by atoms with Crippen LogP contribution in [0.15, 0.2) is 18.2 Å². The fourth-order valence-corrected chi connectivity index (χ4v) is 1.85. The maximum Gasteiger partial charge on any atom is 0.252 e. The van der Waals surface area contributed by atoms with E-state index in [1.165, 1.54) is 0 Å². The molecule has 1 saturated carbocycles. The highest BCUT2D eigenvalue weighted by Gasteiger charge is 2.22. The Bertz CT molecular complexity index is 501. The van der Waals surface area contributed by atoms with E-state index in [2.05, 4.69) is 10.6 Å². The predicted molar refractivity (Wildman–Crippen MR) is 74.0 cm³/mol. The second-order valence-electron chi connectivity index (χ2n) is 4.56. The molecule has 2 rings (SSSR count). The normalized spacial score (nSPS) is 13.9. The summed E-state index contributed by atoms with van der Waals surface area (Å²) in [6.07, 6.45) is 2.37. The summed E-state index contributed by atoms with van der Waals surface area (Å²) in [6, 6.07) is 5.22. The van der Waals surface area contributed by atoms with Crippen molar-refractivity contribution in [3.05, 3.63) is 28.8 Å². The van der Waals surface area contributed by atoms with E-state index in [1.54, 1.807) is 18.2 Å². The van der Waals surface area contributed by atoms with E-state index in [4.69, 9.17) is 17.3 Å². The molecule has 6 heteroatoms. The number of nitrogens with two attached hydrogens (primary N) is 1. The molecule has 1 aliphatic carbocycles. The topological polar surface area (TPSA) is 84.2 Å². The first-order valence-electron chi connectivity index (χ1n) is 6.19. The summed E-state index contributed by atoms with van der Waals surface area (Å²) in [4.78, 5) is 23.3. The van der Waals surface area contributed by atoms with Crippen molar-refractivity contribution in [3.8, 4) is 0 Å². The third-order valence-electron chi connectivity index (χ3n) is 2.85. The van der Waals surface area contributed by atoms with Crippen molar-refractivity contribution in [2.24, 2.45) is 0 Å². The van der Waals surface area contributed by atoms with Gasteiger partial charge in [0.1, 0.15) is 0 Å². The summed E-state index contributed by atoms with van der Waals surface area (Å²) in [5.74, 6) is -0.363. The van der Waals surface area contributed by atoms with Crippen LogP contribution in [0.25, 0.3) is 0 Å². The Balaban J connectivity index is 1.80. The Hall–Kier alpha value is -1.75. The SMILES string of the molecule is Nc1cccc(C(=O)NCCC(=O)NC2CC2)c1Cl. The molecule has 1 aliphatic rings. The summed E-state index contributed by atoms with van der Waals surface area (Å²) < 4.78 is 0. The highest BCUT2D eigenvalue weighted by atomic mass is 35.5. The maximum atomic E-state index is 11.9. The van der Waals surface area contributed by atoms with Gasteiger partial charge in [-0.25, -0.2) is 0 Å². The number of anilines is 1. The van der Waals surface area contributed by atoms with Gasteiger partial charge in [0.05, 0.1) is 16.3 Å². The van der Waals surface area contributed by atoms with Crippen molar-refractivity contribution in [1.82, 2.24) is 10.6 Å². The minimum atomic E-state index is -0.323. The number of hydrogen-bond donors (Lipinski definition) is 3. The van der Waals surface area contributed by atoms with Gasteiger partial charge in [0.25, 0.3) is 5.91 Å². The molecule has 0 bridgehead atoms. The number of nitrogens with one attached hydrogen (secondary N) is 2. The van der Waals surface area contributed by atoms with Gasteiger partial charge in [0.15, 0.2) is 0 Å². The van der Waals surface area contributed by atoms with Gasteiger partial charge < -0.3 is 16.4 Å². The van der Waals surface area contributed by atoms with Gasteiger partial charge in [-0.05, 0) is 25.0 Å². The van der Waals surface area contributed by atoms with E-state index in [0.717, 1.165) is 12.8 Å². The van der Waals surface area contributed by atoms with Crippen LogP contribution in [0.3, 0.4) is 0 Å². The summed E-state index contributed by atoms with van der Waals surface area (Å²) in [5, 5.41) is 5.74. The quantitative estimate of drug-likeness (QED) is 0.712. The molecular weight excluding hydrogens is 266 g/mol. The molecule has 102 valence electrons. The van der Waals surface area contributed by atoms with E-state index >= 15 is 0 Å². The van der Waals surface area contributed by atoms with Crippen molar-refractivity contribution in [1.29, 1.82) is 0 Å². The van der Waals surface area contributed by atoms with E-state index < -0.39 is 0 Å². The van der Waals surface area contributed by atoms with Gasteiger partial charge in [0, 0.05) is 19.0 Å². The van der Waals surface area contributed by atoms with E-state index in [-0.39, 0.29) is 29.8 Å². The minimum Gasteiger partial charge on any atom is -0.398 e. The van der Waals surface area contributed by atoms with Crippen LogP contribution in [-0.2, 0) is 4.79 Å². The molecule has 0 spiro atoms. The van der Waals surface area contributed by atoms with Gasteiger partial charge in [-0.1, -0.05) is 17.7 Å².